The number of fused-ring (bicyclic) bond motifs is 1. The smallest absolute Gasteiger partial charge is 0.410 e. The van der Waals surface area contributed by atoms with Crippen LogP contribution < -0.4 is 8.92 Å². The van der Waals surface area contributed by atoms with E-state index in [1.54, 1.807) is 18.9 Å². The highest BCUT2D eigenvalue weighted by Crippen LogP contribution is 2.41. The van der Waals surface area contributed by atoms with E-state index in [4.69, 9.17) is 13.7 Å². The number of likely N-dealkylation sites (tertiary alicyclic amines) is 1. The van der Waals surface area contributed by atoms with Gasteiger partial charge in [-0.2, -0.15) is 13.4 Å². The standard InChI is InChI=1S/C35H49N3O6S/c1-20(2)25-16-26(21(3)4)32(27(17-25)22(5)6)45(40,41)44-33-29-18-28(31(42-11)19-30(29)36-23(7)37-33)24-12-14-38(15-13-24)34(39)43-35(8,9)10/h16-22,24H,12-15H2,1-11H3. The Morgan fingerprint density at radius 3 is 1.98 bits per heavy atom. The fourth-order valence-corrected chi connectivity index (χ4v) is 7.42. The highest BCUT2D eigenvalue weighted by molar-refractivity contribution is 7.87. The first-order chi connectivity index (χ1) is 20.9. The molecule has 1 aliphatic rings. The molecule has 45 heavy (non-hydrogen) atoms. The van der Waals surface area contributed by atoms with Crippen LogP contribution in [0.2, 0.25) is 0 Å². The highest BCUT2D eigenvalue weighted by atomic mass is 32.2. The van der Waals surface area contributed by atoms with Gasteiger partial charge in [0.25, 0.3) is 0 Å². The third kappa shape index (κ3) is 7.71. The van der Waals surface area contributed by atoms with E-state index in [2.05, 4.69) is 23.8 Å². The van der Waals surface area contributed by atoms with Crippen molar-refractivity contribution in [2.24, 2.45) is 0 Å². The van der Waals surface area contributed by atoms with Crippen LogP contribution in [-0.4, -0.2) is 55.2 Å². The summed E-state index contributed by atoms with van der Waals surface area (Å²) in [5.41, 5.74) is 3.43. The Morgan fingerprint density at radius 2 is 1.49 bits per heavy atom. The molecule has 0 atom stereocenters. The SMILES string of the molecule is COc1cc2nc(C)nc(OS(=O)(=O)c3c(C(C)C)cc(C(C)C)cc3C(C)C)c2cc1C1CCN(C(=O)OC(C)(C)C)CC1. The summed E-state index contributed by atoms with van der Waals surface area (Å²) >= 11 is 0. The van der Waals surface area contributed by atoms with E-state index in [0.717, 1.165) is 22.3 Å². The van der Waals surface area contributed by atoms with Gasteiger partial charge in [-0.1, -0.05) is 53.7 Å². The Bertz CT molecular complexity index is 1640. The molecule has 2 heterocycles. The summed E-state index contributed by atoms with van der Waals surface area (Å²) in [5, 5.41) is 0.491. The number of ether oxygens (including phenoxy) is 2. The number of hydrogen-bond acceptors (Lipinski definition) is 8. The van der Waals surface area contributed by atoms with Crippen molar-refractivity contribution in [3.8, 4) is 11.6 Å². The van der Waals surface area contributed by atoms with Crippen LogP contribution in [0.3, 0.4) is 0 Å². The van der Waals surface area contributed by atoms with Crippen molar-refractivity contribution in [2.45, 2.75) is 116 Å². The summed E-state index contributed by atoms with van der Waals surface area (Å²) in [6.07, 6.45) is 1.07. The quantitative estimate of drug-likeness (QED) is 0.227. The summed E-state index contributed by atoms with van der Waals surface area (Å²) in [6, 6.07) is 7.69. The van der Waals surface area contributed by atoms with Gasteiger partial charge in [-0.05, 0) is 92.5 Å². The highest BCUT2D eigenvalue weighted by Gasteiger charge is 2.32. The van der Waals surface area contributed by atoms with Crippen molar-refractivity contribution in [3.05, 3.63) is 52.3 Å². The zero-order valence-electron chi connectivity index (χ0n) is 28.6. The van der Waals surface area contributed by atoms with Crippen LogP contribution in [0.1, 0.15) is 127 Å². The summed E-state index contributed by atoms with van der Waals surface area (Å²) in [7, 11) is -2.67. The van der Waals surface area contributed by atoms with Gasteiger partial charge in [0, 0.05) is 19.2 Å². The Kier molecular flexibility index (Phi) is 10.1. The second-order valence-corrected chi connectivity index (χ2v) is 15.4. The first-order valence-corrected chi connectivity index (χ1v) is 17.3. The second kappa shape index (κ2) is 13.1. The van der Waals surface area contributed by atoms with Crippen LogP contribution in [0.25, 0.3) is 10.9 Å². The summed E-state index contributed by atoms with van der Waals surface area (Å²) < 4.78 is 45.8. The van der Waals surface area contributed by atoms with Crippen molar-refractivity contribution < 1.29 is 26.9 Å². The molecule has 2 aromatic carbocycles. The van der Waals surface area contributed by atoms with Crippen LogP contribution in [0.5, 0.6) is 11.6 Å². The fourth-order valence-electron chi connectivity index (χ4n) is 5.84. The maximum absolute atomic E-state index is 14.2. The second-order valence-electron chi connectivity index (χ2n) is 14.0. The van der Waals surface area contributed by atoms with Crippen LogP contribution in [0, 0.1) is 6.92 Å². The minimum Gasteiger partial charge on any atom is -0.496 e. The number of nitrogens with zero attached hydrogens (tertiary/aromatic N) is 3. The third-order valence-corrected chi connectivity index (χ3v) is 9.58. The Hall–Kier alpha value is -3.40. The van der Waals surface area contributed by atoms with Crippen LogP contribution >= 0.6 is 0 Å². The third-order valence-electron chi connectivity index (χ3n) is 8.23. The molecule has 1 aliphatic heterocycles. The van der Waals surface area contributed by atoms with E-state index in [1.165, 1.54) is 0 Å². The average molecular weight is 640 g/mol. The summed E-state index contributed by atoms with van der Waals surface area (Å²) in [6.45, 7) is 20.6. The minimum atomic E-state index is -4.28. The number of piperidine rings is 1. The fraction of sp³-hybridized carbons (Fsp3) is 0.571. The van der Waals surface area contributed by atoms with Gasteiger partial charge in [0.1, 0.15) is 22.1 Å². The van der Waals surface area contributed by atoms with E-state index in [9.17, 15) is 13.2 Å². The zero-order valence-corrected chi connectivity index (χ0v) is 29.5. The van der Waals surface area contributed by atoms with Gasteiger partial charge >= 0.3 is 16.2 Å². The summed E-state index contributed by atoms with van der Waals surface area (Å²) in [4.78, 5) is 23.7. The maximum atomic E-state index is 14.2. The van der Waals surface area contributed by atoms with E-state index in [0.29, 0.717) is 48.4 Å². The number of aromatic nitrogens is 2. The van der Waals surface area contributed by atoms with E-state index in [-0.39, 0.29) is 40.5 Å². The predicted octanol–water partition coefficient (Wildman–Crippen LogP) is 8.20. The lowest BCUT2D eigenvalue weighted by Gasteiger charge is -2.34. The topological polar surface area (TPSA) is 108 Å². The molecule has 1 aromatic heterocycles. The van der Waals surface area contributed by atoms with Gasteiger partial charge in [-0.3, -0.25) is 0 Å². The van der Waals surface area contributed by atoms with Crippen molar-refractivity contribution in [1.82, 2.24) is 14.9 Å². The van der Waals surface area contributed by atoms with Gasteiger partial charge in [-0.15, -0.1) is 0 Å². The molecule has 0 aliphatic carbocycles. The van der Waals surface area contributed by atoms with E-state index >= 15 is 0 Å². The molecule has 0 N–H and O–H groups in total. The molecular formula is C35H49N3O6S. The normalized spacial score (nSPS) is 14.9. The minimum absolute atomic E-state index is 0.00931. The number of amides is 1. The van der Waals surface area contributed by atoms with Crippen LogP contribution in [0.15, 0.2) is 29.2 Å². The molecule has 9 nitrogen and oxygen atoms in total. The van der Waals surface area contributed by atoms with Crippen molar-refractivity contribution in [2.75, 3.05) is 20.2 Å². The molecule has 1 amide bonds. The molecule has 1 fully saturated rings. The number of rotatable bonds is 8. The molecule has 0 bridgehead atoms. The monoisotopic (exact) mass is 639 g/mol. The molecule has 0 saturated carbocycles. The number of hydrogen-bond donors (Lipinski definition) is 0. The Balaban J connectivity index is 1.77. The van der Waals surface area contributed by atoms with Gasteiger partial charge in [0.05, 0.1) is 18.0 Å². The van der Waals surface area contributed by atoms with Crippen molar-refractivity contribution in [1.29, 1.82) is 0 Å². The number of aryl methyl sites for hydroxylation is 1. The first-order valence-electron chi connectivity index (χ1n) is 15.9. The van der Waals surface area contributed by atoms with Crippen LogP contribution in [0.4, 0.5) is 4.79 Å². The van der Waals surface area contributed by atoms with Crippen molar-refractivity contribution in [3.63, 3.8) is 0 Å². The molecular weight excluding hydrogens is 590 g/mol. The largest absolute Gasteiger partial charge is 0.496 e. The number of carbonyl (C=O) groups is 1. The predicted molar refractivity (Wildman–Crippen MR) is 177 cm³/mol. The zero-order chi connectivity index (χ0) is 33.4. The Morgan fingerprint density at radius 1 is 0.911 bits per heavy atom. The lowest BCUT2D eigenvalue weighted by atomic mass is 9.88. The van der Waals surface area contributed by atoms with Gasteiger partial charge < -0.3 is 18.6 Å². The summed E-state index contributed by atoms with van der Waals surface area (Å²) in [5.74, 6) is 1.26. The molecule has 246 valence electrons. The van der Waals surface area contributed by atoms with Crippen molar-refractivity contribution >= 4 is 27.1 Å². The van der Waals surface area contributed by atoms with Gasteiger partial charge in [0.2, 0.25) is 5.88 Å². The number of benzene rings is 2. The molecule has 1 saturated heterocycles. The molecule has 3 aromatic rings. The lowest BCUT2D eigenvalue weighted by Crippen LogP contribution is -2.41. The molecule has 0 spiro atoms. The first kappa shape index (κ1) is 34.5. The molecule has 10 heteroatoms. The molecule has 4 rings (SSSR count). The van der Waals surface area contributed by atoms with E-state index < -0.39 is 15.7 Å². The lowest BCUT2D eigenvalue weighted by molar-refractivity contribution is 0.0204. The van der Waals surface area contributed by atoms with Crippen LogP contribution in [-0.2, 0) is 14.9 Å². The number of methoxy groups -OCH3 is 1. The average Bonchev–Trinajstić information content (AvgIpc) is 2.94. The maximum Gasteiger partial charge on any atom is 0.410 e. The van der Waals surface area contributed by atoms with E-state index in [1.807, 2.05) is 72.7 Å². The molecule has 0 unspecified atom stereocenters. The van der Waals surface area contributed by atoms with Gasteiger partial charge in [0.15, 0.2) is 0 Å². The Labute approximate surface area is 268 Å². The van der Waals surface area contributed by atoms with Gasteiger partial charge in [-0.25, -0.2) is 9.78 Å². The number of carbonyl (C=O) groups excluding carboxylic acids is 1. The molecule has 0 radical (unpaired) electrons.